The van der Waals surface area contributed by atoms with E-state index in [2.05, 4.69) is 4.72 Å². The van der Waals surface area contributed by atoms with E-state index in [1.807, 2.05) is 0 Å². The Hall–Kier alpha value is -1.04. The summed E-state index contributed by atoms with van der Waals surface area (Å²) in [4.78, 5) is 10.8. The first-order valence-electron chi connectivity index (χ1n) is 6.66. The largest absolute Gasteiger partial charge is 0.371 e. The molecular formula is C12H16N2O6S2. The van der Waals surface area contributed by atoms with Gasteiger partial charge in [0.1, 0.15) is 29.1 Å². The van der Waals surface area contributed by atoms with Gasteiger partial charge in [0.05, 0.1) is 19.3 Å². The summed E-state index contributed by atoms with van der Waals surface area (Å²) in [5.41, 5.74) is 5.04. The molecule has 0 aliphatic carbocycles. The van der Waals surface area contributed by atoms with Gasteiger partial charge in [0, 0.05) is 0 Å². The molecule has 2 aliphatic heterocycles. The smallest absolute Gasteiger partial charge is 0.250 e. The minimum Gasteiger partial charge on any atom is -0.371 e. The topological polar surface area (TPSA) is 117 Å². The van der Waals surface area contributed by atoms with E-state index in [1.54, 1.807) is 11.4 Å². The van der Waals surface area contributed by atoms with Gasteiger partial charge in [-0.15, -0.1) is 11.3 Å². The molecule has 0 aromatic carbocycles. The van der Waals surface area contributed by atoms with Gasteiger partial charge in [-0.1, -0.05) is 6.07 Å². The SMILES string of the molecule is NC(=O)CO[C@@H]1CO[C@H]2[C@@H]1OC[C@@H]2NS(=O)(=O)c1cccs1. The molecule has 0 unspecified atom stereocenters. The van der Waals surface area contributed by atoms with Crippen LogP contribution < -0.4 is 10.5 Å². The normalized spacial score (nSPS) is 31.3. The van der Waals surface area contributed by atoms with Crippen molar-refractivity contribution in [1.82, 2.24) is 4.72 Å². The van der Waals surface area contributed by atoms with Crippen molar-refractivity contribution in [3.63, 3.8) is 0 Å². The highest BCUT2D eigenvalue weighted by atomic mass is 32.2. The van der Waals surface area contributed by atoms with Crippen molar-refractivity contribution in [2.24, 2.45) is 5.73 Å². The third-order valence-electron chi connectivity index (χ3n) is 3.51. The van der Waals surface area contributed by atoms with E-state index in [9.17, 15) is 13.2 Å². The quantitative estimate of drug-likeness (QED) is 0.685. The van der Waals surface area contributed by atoms with Gasteiger partial charge in [-0.2, -0.15) is 0 Å². The molecule has 3 N–H and O–H groups in total. The van der Waals surface area contributed by atoms with Crippen LogP contribution in [0.25, 0.3) is 0 Å². The fourth-order valence-electron chi connectivity index (χ4n) is 2.57. The summed E-state index contributed by atoms with van der Waals surface area (Å²) in [5, 5.41) is 1.70. The molecule has 0 saturated carbocycles. The van der Waals surface area contributed by atoms with Crippen LogP contribution in [0.15, 0.2) is 21.7 Å². The number of nitrogens with two attached hydrogens (primary N) is 1. The lowest BCUT2D eigenvalue weighted by molar-refractivity contribution is -0.126. The van der Waals surface area contributed by atoms with Crippen molar-refractivity contribution >= 4 is 27.3 Å². The van der Waals surface area contributed by atoms with E-state index < -0.39 is 40.3 Å². The molecule has 1 amide bonds. The van der Waals surface area contributed by atoms with Crippen LogP contribution in [0.1, 0.15) is 0 Å². The summed E-state index contributed by atoms with van der Waals surface area (Å²) in [6, 6.07) is 2.72. The monoisotopic (exact) mass is 348 g/mol. The van der Waals surface area contributed by atoms with Crippen LogP contribution in [0.4, 0.5) is 0 Å². The van der Waals surface area contributed by atoms with Gasteiger partial charge < -0.3 is 19.9 Å². The number of carbonyl (C=O) groups is 1. The number of hydrogen-bond acceptors (Lipinski definition) is 7. The summed E-state index contributed by atoms with van der Waals surface area (Å²) in [6.45, 7) is 0.211. The van der Waals surface area contributed by atoms with Crippen LogP contribution in [-0.2, 0) is 29.0 Å². The predicted molar refractivity (Wildman–Crippen MR) is 76.8 cm³/mol. The number of hydrogen-bond donors (Lipinski definition) is 2. The van der Waals surface area contributed by atoms with Crippen molar-refractivity contribution in [1.29, 1.82) is 0 Å². The van der Waals surface area contributed by atoms with E-state index in [0.29, 0.717) is 0 Å². The number of nitrogens with one attached hydrogen (secondary N) is 1. The van der Waals surface area contributed by atoms with Crippen LogP contribution in [0.5, 0.6) is 0 Å². The van der Waals surface area contributed by atoms with Gasteiger partial charge in [-0.25, -0.2) is 13.1 Å². The second-order valence-corrected chi connectivity index (χ2v) is 7.96. The number of thiophene rings is 1. The third kappa shape index (κ3) is 3.16. The molecule has 1 aromatic heterocycles. The van der Waals surface area contributed by atoms with Crippen LogP contribution >= 0.6 is 11.3 Å². The van der Waals surface area contributed by atoms with Crippen molar-refractivity contribution in [3.8, 4) is 0 Å². The Morgan fingerprint density at radius 3 is 2.86 bits per heavy atom. The Morgan fingerprint density at radius 2 is 2.18 bits per heavy atom. The molecular weight excluding hydrogens is 332 g/mol. The van der Waals surface area contributed by atoms with Crippen LogP contribution in [0.3, 0.4) is 0 Å². The predicted octanol–water partition coefficient (Wildman–Crippen LogP) is -0.937. The van der Waals surface area contributed by atoms with Gasteiger partial charge in [-0.3, -0.25) is 4.79 Å². The lowest BCUT2D eigenvalue weighted by Gasteiger charge is -2.17. The highest BCUT2D eigenvalue weighted by Crippen LogP contribution is 2.30. The molecule has 2 saturated heterocycles. The Kier molecular flexibility index (Phi) is 4.48. The third-order valence-corrected chi connectivity index (χ3v) is 6.40. The van der Waals surface area contributed by atoms with Crippen molar-refractivity contribution < 1.29 is 27.4 Å². The Bertz CT molecular complexity index is 632. The van der Waals surface area contributed by atoms with Crippen LogP contribution in [0.2, 0.25) is 0 Å². The Labute approximate surface area is 131 Å². The summed E-state index contributed by atoms with van der Waals surface area (Å²) < 4.78 is 43.8. The van der Waals surface area contributed by atoms with Gasteiger partial charge in [0.25, 0.3) is 0 Å². The minimum absolute atomic E-state index is 0.191. The van der Waals surface area contributed by atoms with E-state index >= 15 is 0 Å². The molecule has 0 radical (unpaired) electrons. The fourth-order valence-corrected chi connectivity index (χ4v) is 4.81. The first-order valence-corrected chi connectivity index (χ1v) is 9.02. The average Bonchev–Trinajstić information content (AvgIpc) is 3.14. The molecule has 3 heterocycles. The molecule has 2 aliphatic rings. The second-order valence-electron chi connectivity index (χ2n) is 5.07. The number of rotatable bonds is 6. The lowest BCUT2D eigenvalue weighted by Crippen LogP contribution is -2.44. The summed E-state index contributed by atoms with van der Waals surface area (Å²) >= 11 is 1.14. The van der Waals surface area contributed by atoms with E-state index in [1.165, 1.54) is 6.07 Å². The summed E-state index contributed by atoms with van der Waals surface area (Å²) in [5.74, 6) is -0.573. The fraction of sp³-hybridized carbons (Fsp3) is 0.583. The first-order chi connectivity index (χ1) is 10.5. The van der Waals surface area contributed by atoms with Crippen LogP contribution in [0, 0.1) is 0 Å². The van der Waals surface area contributed by atoms with Crippen molar-refractivity contribution in [2.45, 2.75) is 28.6 Å². The van der Waals surface area contributed by atoms with E-state index in [-0.39, 0.29) is 24.0 Å². The maximum absolute atomic E-state index is 12.2. The Morgan fingerprint density at radius 1 is 1.41 bits per heavy atom. The molecule has 4 atom stereocenters. The Balaban J connectivity index is 1.63. The molecule has 1 aromatic rings. The lowest BCUT2D eigenvalue weighted by atomic mass is 10.1. The molecule has 0 spiro atoms. The maximum atomic E-state index is 12.2. The zero-order valence-corrected chi connectivity index (χ0v) is 13.1. The standard InChI is InChI=1S/C12H16N2O6S2/c13-9(15)6-18-8-5-20-11-7(4-19-12(8)11)14-22(16,17)10-2-1-3-21-10/h1-3,7-8,11-12,14H,4-6H2,(H2,13,15)/t7-,8+,11+,12+/m0/s1. The number of amides is 1. The van der Waals surface area contributed by atoms with E-state index in [4.69, 9.17) is 19.9 Å². The second kappa shape index (κ2) is 6.22. The highest BCUT2D eigenvalue weighted by Gasteiger charge is 2.49. The zero-order chi connectivity index (χ0) is 15.7. The summed E-state index contributed by atoms with van der Waals surface area (Å²) in [7, 11) is -3.59. The molecule has 22 heavy (non-hydrogen) atoms. The molecule has 10 heteroatoms. The number of ether oxygens (including phenoxy) is 3. The highest BCUT2D eigenvalue weighted by molar-refractivity contribution is 7.91. The van der Waals surface area contributed by atoms with Crippen molar-refractivity contribution in [2.75, 3.05) is 19.8 Å². The molecule has 8 nitrogen and oxygen atoms in total. The number of fused-ring (bicyclic) bond motifs is 1. The molecule has 3 rings (SSSR count). The zero-order valence-electron chi connectivity index (χ0n) is 11.5. The average molecular weight is 348 g/mol. The number of carbonyl (C=O) groups excluding carboxylic acids is 1. The molecule has 2 fully saturated rings. The van der Waals surface area contributed by atoms with Gasteiger partial charge >= 0.3 is 0 Å². The molecule has 122 valence electrons. The number of primary amides is 1. The maximum Gasteiger partial charge on any atom is 0.250 e. The summed E-state index contributed by atoms with van der Waals surface area (Å²) in [6.07, 6.45) is -1.27. The van der Waals surface area contributed by atoms with E-state index in [0.717, 1.165) is 11.3 Å². The minimum atomic E-state index is -3.59. The van der Waals surface area contributed by atoms with Gasteiger partial charge in [-0.05, 0) is 11.4 Å². The van der Waals surface area contributed by atoms with Gasteiger partial charge in [0.2, 0.25) is 15.9 Å². The first kappa shape index (κ1) is 15.8. The number of sulfonamides is 1. The van der Waals surface area contributed by atoms with Crippen LogP contribution in [-0.4, -0.2) is 58.5 Å². The van der Waals surface area contributed by atoms with Gasteiger partial charge in [0.15, 0.2) is 0 Å². The molecule has 0 bridgehead atoms. The van der Waals surface area contributed by atoms with Crippen molar-refractivity contribution in [3.05, 3.63) is 17.5 Å².